The first kappa shape index (κ1) is 9.97. The molecule has 0 spiro atoms. The summed E-state index contributed by atoms with van der Waals surface area (Å²) in [4.78, 5) is 0. The first-order valence-electron chi connectivity index (χ1n) is 3.34. The van der Waals surface area contributed by atoms with E-state index in [1.54, 1.807) is 0 Å². The molecule has 11 heavy (non-hydrogen) atoms. The first-order valence-corrected chi connectivity index (χ1v) is 19.9. The second-order valence-electron chi connectivity index (χ2n) is 2.18. The van der Waals surface area contributed by atoms with Crippen molar-refractivity contribution in [3.8, 4) is 0 Å². The molecule has 1 aromatic rings. The summed E-state index contributed by atoms with van der Waals surface area (Å²) in [5, 5.41) is 0. The fourth-order valence-corrected chi connectivity index (χ4v) is 9.46. The molecule has 4 heteroatoms. The molecular weight excluding hydrogens is 362 g/mol. The SMILES string of the molecule is [Cl][Hf]([Cl])=[SiH]Cc1ccccc1. The fourth-order valence-electron chi connectivity index (χ4n) is 0.809. The molecule has 0 aliphatic carbocycles. The molecule has 0 fully saturated rings. The number of benzene rings is 1. The number of hydrogen-bond acceptors (Lipinski definition) is 0. The van der Waals surface area contributed by atoms with Crippen LogP contribution >= 0.6 is 17.2 Å². The van der Waals surface area contributed by atoms with E-state index in [2.05, 4.69) is 24.3 Å². The predicted octanol–water partition coefficient (Wildman–Crippen LogP) is 2.46. The second-order valence-corrected chi connectivity index (χ2v) is 28.4. The first-order chi connectivity index (χ1) is 5.29. The molecule has 0 saturated heterocycles. The van der Waals surface area contributed by atoms with E-state index in [0.717, 1.165) is 6.04 Å². The van der Waals surface area contributed by atoms with Gasteiger partial charge in [-0.1, -0.05) is 0 Å². The van der Waals surface area contributed by atoms with E-state index in [4.69, 9.17) is 17.2 Å². The minimum atomic E-state index is -1.93. The second kappa shape index (κ2) is 5.52. The summed E-state index contributed by atoms with van der Waals surface area (Å²) in [6, 6.07) is 11.5. The molecule has 58 valence electrons. The molecule has 0 N–H and O–H groups in total. The Morgan fingerprint density at radius 1 is 1.18 bits per heavy atom. The van der Waals surface area contributed by atoms with Crippen LogP contribution in [-0.4, -0.2) is 6.22 Å². The average Bonchev–Trinajstić information content (AvgIpc) is 2.03. The van der Waals surface area contributed by atoms with Gasteiger partial charge in [0.1, 0.15) is 0 Å². The van der Waals surface area contributed by atoms with Gasteiger partial charge in [-0.25, -0.2) is 0 Å². The fraction of sp³-hybridized carbons (Fsp3) is 0.143. The zero-order chi connectivity index (χ0) is 8.10. The van der Waals surface area contributed by atoms with Crippen LogP contribution in [0.15, 0.2) is 30.3 Å². The Hall–Kier alpha value is 0.887. The van der Waals surface area contributed by atoms with Gasteiger partial charge in [0, 0.05) is 0 Å². The monoisotopic (exact) mass is 370 g/mol. The molecule has 1 aromatic carbocycles. The third-order valence-electron chi connectivity index (χ3n) is 1.33. The topological polar surface area (TPSA) is 0 Å². The molecular formula is C7H8Cl2HfSi. The van der Waals surface area contributed by atoms with E-state index in [1.807, 2.05) is 6.07 Å². The van der Waals surface area contributed by atoms with Gasteiger partial charge in [0.2, 0.25) is 0 Å². The van der Waals surface area contributed by atoms with Crippen molar-refractivity contribution in [2.45, 2.75) is 6.04 Å². The van der Waals surface area contributed by atoms with Crippen LogP contribution in [0.2, 0.25) is 0 Å². The van der Waals surface area contributed by atoms with Gasteiger partial charge in [-0.2, -0.15) is 0 Å². The Labute approximate surface area is 82.4 Å². The Kier molecular flexibility index (Phi) is 5.00. The summed E-state index contributed by atoms with van der Waals surface area (Å²) in [5.74, 6) is 0. The Morgan fingerprint density at radius 2 is 1.82 bits per heavy atom. The van der Waals surface area contributed by atoms with Crippen LogP contribution in [0.1, 0.15) is 5.56 Å². The minimum absolute atomic E-state index is 0.351. The molecule has 0 saturated carbocycles. The van der Waals surface area contributed by atoms with Crippen molar-refractivity contribution in [2.75, 3.05) is 0 Å². The van der Waals surface area contributed by atoms with Gasteiger partial charge < -0.3 is 0 Å². The molecule has 1 rings (SSSR count). The van der Waals surface area contributed by atoms with Crippen LogP contribution in [0.4, 0.5) is 0 Å². The third kappa shape index (κ3) is 4.46. The molecule has 0 unspecified atom stereocenters. The van der Waals surface area contributed by atoms with Gasteiger partial charge in [-0.3, -0.25) is 0 Å². The zero-order valence-corrected chi connectivity index (χ0v) is 12.2. The van der Waals surface area contributed by atoms with Gasteiger partial charge in [-0.15, -0.1) is 0 Å². The Morgan fingerprint density at radius 3 is 2.36 bits per heavy atom. The summed E-state index contributed by atoms with van der Waals surface area (Å²) >= 11 is -1.93. The average molecular weight is 370 g/mol. The summed E-state index contributed by atoms with van der Waals surface area (Å²) in [6.07, 6.45) is 0.351. The summed E-state index contributed by atoms with van der Waals surface area (Å²) in [6.45, 7) is 0. The van der Waals surface area contributed by atoms with Gasteiger partial charge in [0.15, 0.2) is 0 Å². The molecule has 0 radical (unpaired) electrons. The van der Waals surface area contributed by atoms with Crippen LogP contribution in [0.3, 0.4) is 0 Å². The number of hydrogen-bond donors (Lipinski definition) is 0. The number of halogens is 2. The van der Waals surface area contributed by atoms with E-state index in [1.165, 1.54) is 5.56 Å². The summed E-state index contributed by atoms with van der Waals surface area (Å²) in [5.41, 5.74) is 1.38. The van der Waals surface area contributed by atoms with Crippen LogP contribution < -0.4 is 0 Å². The summed E-state index contributed by atoms with van der Waals surface area (Å²) in [7, 11) is 11.7. The Balaban J connectivity index is 2.59. The normalized spacial score (nSPS) is 9.27. The van der Waals surface area contributed by atoms with E-state index in [9.17, 15) is 0 Å². The van der Waals surface area contributed by atoms with Crippen molar-refractivity contribution in [3.05, 3.63) is 35.9 Å². The van der Waals surface area contributed by atoms with Crippen molar-refractivity contribution in [2.24, 2.45) is 0 Å². The Bertz CT molecular complexity index is 244. The van der Waals surface area contributed by atoms with E-state index >= 15 is 0 Å². The van der Waals surface area contributed by atoms with Crippen molar-refractivity contribution >= 4 is 23.4 Å². The van der Waals surface area contributed by atoms with Gasteiger partial charge in [0.05, 0.1) is 0 Å². The number of rotatable bonds is 2. The maximum atomic E-state index is 5.84. The van der Waals surface area contributed by atoms with Crippen LogP contribution in [0.25, 0.3) is 0 Å². The van der Waals surface area contributed by atoms with Gasteiger partial charge in [0.25, 0.3) is 0 Å². The van der Waals surface area contributed by atoms with E-state index in [-0.39, 0.29) is 0 Å². The molecule has 0 aliphatic heterocycles. The van der Waals surface area contributed by atoms with Crippen molar-refractivity contribution in [1.29, 1.82) is 0 Å². The summed E-state index contributed by atoms with van der Waals surface area (Å²) < 4.78 is 0. The quantitative estimate of drug-likeness (QED) is 0.703. The molecule has 0 aromatic heterocycles. The molecule has 0 bridgehead atoms. The van der Waals surface area contributed by atoms with Gasteiger partial charge >= 0.3 is 83.0 Å². The molecule has 0 nitrogen and oxygen atoms in total. The third-order valence-corrected chi connectivity index (χ3v) is 15.4. The van der Waals surface area contributed by atoms with Crippen LogP contribution in [-0.2, 0) is 23.7 Å². The molecule has 0 amide bonds. The molecule has 0 aliphatic rings. The predicted molar refractivity (Wildman–Crippen MR) is 49.0 cm³/mol. The zero-order valence-electron chi connectivity index (χ0n) is 5.93. The van der Waals surface area contributed by atoms with Crippen LogP contribution in [0.5, 0.6) is 0 Å². The molecule has 0 atom stereocenters. The molecule has 0 heterocycles. The van der Waals surface area contributed by atoms with E-state index in [0.29, 0.717) is 6.22 Å². The van der Waals surface area contributed by atoms with Crippen molar-refractivity contribution < 1.29 is 17.7 Å². The standard InChI is InChI=1S/C7H8Si.2ClH.Hf/c8-6-7-4-2-1-3-5-7;;;/h1-5,8H,6H2;2*1H;/q;;;+2/p-2. The maximum absolute atomic E-state index is 5.84. The van der Waals surface area contributed by atoms with E-state index < -0.39 is 17.7 Å². The van der Waals surface area contributed by atoms with Crippen molar-refractivity contribution in [3.63, 3.8) is 0 Å². The van der Waals surface area contributed by atoms with Crippen LogP contribution in [0, 0.1) is 0 Å². The van der Waals surface area contributed by atoms with Crippen molar-refractivity contribution in [1.82, 2.24) is 0 Å². The van der Waals surface area contributed by atoms with Gasteiger partial charge in [-0.05, 0) is 0 Å².